The fraction of sp³-hybridized carbons (Fsp3) is 0.143. The maximum Gasteiger partial charge on any atom is 0.416 e. The third-order valence-corrected chi connectivity index (χ3v) is 1.30. The minimum atomic E-state index is -4.42. The van der Waals surface area contributed by atoms with Crippen LogP contribution >= 0.6 is 12.4 Å². The number of nitrogens with one attached hydrogen (secondary N) is 1. The van der Waals surface area contributed by atoms with Crippen LogP contribution in [0.1, 0.15) is 5.56 Å². The van der Waals surface area contributed by atoms with Gasteiger partial charge in [-0.3, -0.25) is 0 Å². The van der Waals surface area contributed by atoms with Crippen LogP contribution in [0, 0.1) is 0 Å². The van der Waals surface area contributed by atoms with Crippen LogP contribution in [0.3, 0.4) is 0 Å². The molecule has 0 unspecified atom stereocenters. The highest BCUT2D eigenvalue weighted by atomic mass is 35.5. The van der Waals surface area contributed by atoms with Gasteiger partial charge in [-0.05, 0) is 18.2 Å². The monoisotopic (exact) mass is 215 g/mol. The lowest BCUT2D eigenvalue weighted by Crippen LogP contribution is -2.04. The van der Waals surface area contributed by atoms with Crippen LogP contribution in [0.15, 0.2) is 24.3 Å². The third kappa shape index (κ3) is 3.10. The van der Waals surface area contributed by atoms with Gasteiger partial charge in [0.25, 0.3) is 0 Å². The summed E-state index contributed by atoms with van der Waals surface area (Å²) in [5.74, 6) is 0. The second-order valence-electron chi connectivity index (χ2n) is 2.17. The van der Waals surface area contributed by atoms with E-state index in [1.807, 2.05) is 0 Å². The minimum absolute atomic E-state index is 0. The molecule has 0 heterocycles. The molecule has 6 heteroatoms. The van der Waals surface area contributed by atoms with Crippen LogP contribution in [-0.4, -0.2) is 0 Å². The molecular formula is C7H6ClF4N. The Balaban J connectivity index is 0.00000144. The van der Waals surface area contributed by atoms with Crippen LogP contribution in [0.25, 0.3) is 0 Å². The quantitative estimate of drug-likeness (QED) is 0.559. The molecule has 0 spiro atoms. The number of benzene rings is 1. The van der Waals surface area contributed by atoms with Crippen LogP contribution in [-0.2, 0) is 6.18 Å². The molecular weight excluding hydrogens is 210 g/mol. The van der Waals surface area contributed by atoms with Gasteiger partial charge in [-0.1, -0.05) is 6.07 Å². The Morgan fingerprint density at radius 3 is 2.23 bits per heavy atom. The van der Waals surface area contributed by atoms with E-state index in [1.54, 1.807) is 0 Å². The molecule has 13 heavy (non-hydrogen) atoms. The van der Waals surface area contributed by atoms with E-state index in [2.05, 4.69) is 0 Å². The average molecular weight is 216 g/mol. The van der Waals surface area contributed by atoms with Crippen molar-refractivity contribution in [2.45, 2.75) is 6.18 Å². The molecule has 1 aromatic carbocycles. The molecule has 1 aromatic rings. The third-order valence-electron chi connectivity index (χ3n) is 1.30. The molecule has 0 atom stereocenters. The van der Waals surface area contributed by atoms with Gasteiger partial charge in [-0.15, -0.1) is 16.9 Å². The summed E-state index contributed by atoms with van der Waals surface area (Å²) in [5.41, 5.74) is 0.0653. The van der Waals surface area contributed by atoms with E-state index < -0.39 is 11.7 Å². The van der Waals surface area contributed by atoms with Gasteiger partial charge in [-0.2, -0.15) is 13.2 Å². The van der Waals surface area contributed by atoms with E-state index in [4.69, 9.17) is 0 Å². The fourth-order valence-electron chi connectivity index (χ4n) is 0.754. The summed E-state index contributed by atoms with van der Waals surface area (Å²) in [7, 11) is 0. The van der Waals surface area contributed by atoms with Crippen molar-refractivity contribution in [3.63, 3.8) is 0 Å². The van der Waals surface area contributed by atoms with Crippen molar-refractivity contribution in [2.24, 2.45) is 0 Å². The van der Waals surface area contributed by atoms with E-state index in [0.717, 1.165) is 17.7 Å². The molecule has 0 amide bonds. The highest BCUT2D eigenvalue weighted by Gasteiger charge is 2.30. The smallest absolute Gasteiger partial charge is 0.225 e. The first-order valence-corrected chi connectivity index (χ1v) is 3.08. The van der Waals surface area contributed by atoms with Crippen LogP contribution in [0.5, 0.6) is 0 Å². The topological polar surface area (TPSA) is 12.0 Å². The molecule has 0 bridgehead atoms. The fourth-order valence-corrected chi connectivity index (χ4v) is 0.754. The molecule has 0 saturated heterocycles. The van der Waals surface area contributed by atoms with Crippen molar-refractivity contribution in [3.8, 4) is 0 Å². The summed E-state index contributed by atoms with van der Waals surface area (Å²) in [6.07, 6.45) is -4.42. The van der Waals surface area contributed by atoms with Crippen molar-refractivity contribution >= 4 is 18.1 Å². The van der Waals surface area contributed by atoms with Gasteiger partial charge in [0.05, 0.1) is 11.3 Å². The highest BCUT2D eigenvalue weighted by Crippen LogP contribution is 2.30. The highest BCUT2D eigenvalue weighted by molar-refractivity contribution is 5.85. The van der Waals surface area contributed by atoms with Crippen molar-refractivity contribution in [2.75, 3.05) is 5.54 Å². The van der Waals surface area contributed by atoms with Gasteiger partial charge < -0.3 is 0 Å². The molecule has 0 aliphatic rings. The number of hydrogen-bond acceptors (Lipinski definition) is 1. The zero-order valence-electron chi connectivity index (χ0n) is 6.23. The lowest BCUT2D eigenvalue weighted by atomic mass is 10.2. The van der Waals surface area contributed by atoms with Crippen LogP contribution in [0.4, 0.5) is 23.3 Å². The zero-order valence-corrected chi connectivity index (χ0v) is 7.05. The minimum Gasteiger partial charge on any atom is -0.225 e. The normalized spacial score (nSPS) is 10.5. The SMILES string of the molecule is Cl.FNc1cccc(C(F)(F)F)c1. The molecule has 74 valence electrons. The van der Waals surface area contributed by atoms with Gasteiger partial charge >= 0.3 is 6.18 Å². The molecule has 1 rings (SSSR count). The van der Waals surface area contributed by atoms with Gasteiger partial charge in [0.1, 0.15) is 0 Å². The maximum absolute atomic E-state index is 12.0. The number of alkyl halides is 3. The molecule has 0 radical (unpaired) electrons. The molecule has 0 aromatic heterocycles. The lowest BCUT2D eigenvalue weighted by molar-refractivity contribution is -0.137. The average Bonchev–Trinajstić information content (AvgIpc) is 2.03. The Morgan fingerprint density at radius 2 is 1.77 bits per heavy atom. The second-order valence-corrected chi connectivity index (χ2v) is 2.17. The lowest BCUT2D eigenvalue weighted by Gasteiger charge is -2.06. The molecule has 1 nitrogen and oxygen atoms in total. The zero-order chi connectivity index (χ0) is 9.19. The number of hydrogen-bond donors (Lipinski definition) is 1. The largest absolute Gasteiger partial charge is 0.416 e. The van der Waals surface area contributed by atoms with Crippen molar-refractivity contribution < 1.29 is 17.7 Å². The molecule has 0 aliphatic carbocycles. The Hall–Kier alpha value is -0.970. The Kier molecular flexibility index (Phi) is 4.00. The summed E-state index contributed by atoms with van der Waals surface area (Å²) in [4.78, 5) is 0. The van der Waals surface area contributed by atoms with Crippen molar-refractivity contribution in [1.29, 1.82) is 0 Å². The van der Waals surface area contributed by atoms with Crippen molar-refractivity contribution in [1.82, 2.24) is 0 Å². The van der Waals surface area contributed by atoms with Gasteiger partial charge in [0.15, 0.2) is 0 Å². The van der Waals surface area contributed by atoms with E-state index >= 15 is 0 Å². The van der Waals surface area contributed by atoms with Crippen LogP contribution in [0.2, 0.25) is 0 Å². The van der Waals surface area contributed by atoms with Crippen molar-refractivity contribution in [3.05, 3.63) is 29.8 Å². The maximum atomic E-state index is 12.0. The van der Waals surface area contributed by atoms with E-state index in [-0.39, 0.29) is 18.1 Å². The Bertz CT molecular complexity index is 273. The van der Waals surface area contributed by atoms with Gasteiger partial charge in [0.2, 0.25) is 0 Å². The number of halogens is 5. The first-order valence-electron chi connectivity index (χ1n) is 3.08. The summed E-state index contributed by atoms with van der Waals surface area (Å²) in [6.45, 7) is 0. The summed E-state index contributed by atoms with van der Waals surface area (Å²) in [5, 5.41) is 0. The van der Waals surface area contributed by atoms with Gasteiger partial charge in [0, 0.05) is 0 Å². The standard InChI is InChI=1S/C7H5F4N.ClH/c8-7(9,10)5-2-1-3-6(4-5)12-11;/h1-4,12H;1H. The molecule has 1 N–H and O–H groups in total. The summed E-state index contributed by atoms with van der Waals surface area (Å²) >= 11 is 0. The van der Waals surface area contributed by atoms with E-state index in [9.17, 15) is 17.7 Å². The van der Waals surface area contributed by atoms with E-state index in [1.165, 1.54) is 6.07 Å². The van der Waals surface area contributed by atoms with Crippen LogP contribution < -0.4 is 5.54 Å². The first kappa shape index (κ1) is 12.0. The second kappa shape index (κ2) is 4.32. The number of anilines is 1. The summed E-state index contributed by atoms with van der Waals surface area (Å²) < 4.78 is 47.5. The Morgan fingerprint density at radius 1 is 1.15 bits per heavy atom. The Labute approximate surface area is 78.1 Å². The predicted molar refractivity (Wildman–Crippen MR) is 43.4 cm³/mol. The van der Waals surface area contributed by atoms with Gasteiger partial charge in [-0.25, -0.2) is 5.54 Å². The summed E-state index contributed by atoms with van der Waals surface area (Å²) in [6, 6.07) is 3.90. The molecule has 0 saturated carbocycles. The first-order chi connectivity index (χ1) is 5.54. The predicted octanol–water partition coefficient (Wildman–Crippen LogP) is 3.42. The number of rotatable bonds is 1. The molecule has 0 fully saturated rings. The molecule has 0 aliphatic heterocycles. The van der Waals surface area contributed by atoms with E-state index in [0.29, 0.717) is 6.07 Å².